The minimum absolute atomic E-state index is 0.0536. The molecule has 16 heteroatoms. The number of anilines is 2. The second-order valence-corrected chi connectivity index (χ2v) is 7.20. The van der Waals surface area contributed by atoms with Crippen LogP contribution in [0.5, 0.6) is 0 Å². The van der Waals surface area contributed by atoms with Crippen molar-refractivity contribution in [3.63, 3.8) is 0 Å². The van der Waals surface area contributed by atoms with Crippen molar-refractivity contribution in [1.82, 2.24) is 4.90 Å². The van der Waals surface area contributed by atoms with Crippen molar-refractivity contribution < 1.29 is 53.8 Å². The standard InChI is InChI=1S/C18H19F9N4O3/c19-16(20,21)8-30(9-17(22,23)24)13(6-28)15(33)29-12-2-1-10(5-11(12)18(25,26)27)31-3-4-34-7-14(31)32/h1-2,5,13H,3-4,6-9,28H2,(H,29,33)/t13-/m1/s1. The molecule has 0 aromatic heterocycles. The predicted octanol–water partition coefficient (Wildman–Crippen LogP) is 2.76. The minimum Gasteiger partial charge on any atom is -0.370 e. The summed E-state index contributed by atoms with van der Waals surface area (Å²) in [6, 6.07) is 0.0585. The average Bonchev–Trinajstić information content (AvgIpc) is 2.66. The lowest BCUT2D eigenvalue weighted by molar-refractivity contribution is -0.186. The quantitative estimate of drug-likeness (QED) is 0.551. The van der Waals surface area contributed by atoms with Crippen molar-refractivity contribution in [2.24, 2.45) is 5.73 Å². The van der Waals surface area contributed by atoms with Gasteiger partial charge in [0.2, 0.25) is 5.91 Å². The summed E-state index contributed by atoms with van der Waals surface area (Å²) in [5.41, 5.74) is 2.62. The Hall–Kier alpha value is -2.59. The molecule has 0 radical (unpaired) electrons. The summed E-state index contributed by atoms with van der Waals surface area (Å²) in [4.78, 5) is 25.0. The molecule has 1 aliphatic heterocycles. The lowest BCUT2D eigenvalue weighted by atomic mass is 10.1. The number of morpholine rings is 1. The van der Waals surface area contributed by atoms with Gasteiger partial charge in [0.25, 0.3) is 5.91 Å². The van der Waals surface area contributed by atoms with E-state index in [-0.39, 0.29) is 30.3 Å². The molecule has 1 heterocycles. The topological polar surface area (TPSA) is 87.9 Å². The van der Waals surface area contributed by atoms with E-state index in [9.17, 15) is 49.1 Å². The van der Waals surface area contributed by atoms with Crippen LogP contribution in [0.3, 0.4) is 0 Å². The molecule has 7 nitrogen and oxygen atoms in total. The number of alkyl halides is 9. The Labute approximate surface area is 186 Å². The van der Waals surface area contributed by atoms with E-state index in [1.165, 1.54) is 0 Å². The van der Waals surface area contributed by atoms with Gasteiger partial charge in [-0.3, -0.25) is 14.5 Å². The highest BCUT2D eigenvalue weighted by Gasteiger charge is 2.42. The summed E-state index contributed by atoms with van der Waals surface area (Å²) in [7, 11) is 0. The smallest absolute Gasteiger partial charge is 0.370 e. The molecule has 0 aliphatic carbocycles. The highest BCUT2D eigenvalue weighted by Crippen LogP contribution is 2.38. The molecule has 1 aliphatic rings. The van der Waals surface area contributed by atoms with Crippen LogP contribution in [0, 0.1) is 0 Å². The Morgan fingerprint density at radius 2 is 1.68 bits per heavy atom. The number of hydrogen-bond acceptors (Lipinski definition) is 5. The molecule has 34 heavy (non-hydrogen) atoms. The zero-order chi connectivity index (χ0) is 25.9. The summed E-state index contributed by atoms with van der Waals surface area (Å²) >= 11 is 0. The van der Waals surface area contributed by atoms with Gasteiger partial charge in [-0.2, -0.15) is 39.5 Å². The van der Waals surface area contributed by atoms with E-state index in [4.69, 9.17) is 10.5 Å². The normalized spacial score (nSPS) is 16.7. The number of hydrogen-bond donors (Lipinski definition) is 2. The molecule has 2 rings (SSSR count). The van der Waals surface area contributed by atoms with E-state index < -0.39 is 67.3 Å². The highest BCUT2D eigenvalue weighted by molar-refractivity contribution is 5.98. The van der Waals surface area contributed by atoms with E-state index in [1.807, 2.05) is 0 Å². The van der Waals surface area contributed by atoms with Crippen LogP contribution in [0.25, 0.3) is 0 Å². The molecule has 0 bridgehead atoms. The van der Waals surface area contributed by atoms with Crippen LogP contribution in [-0.4, -0.2) is 74.5 Å². The van der Waals surface area contributed by atoms with Gasteiger partial charge in [-0.1, -0.05) is 0 Å². The molecule has 1 aromatic rings. The first-order chi connectivity index (χ1) is 15.5. The third-order valence-electron chi connectivity index (χ3n) is 4.60. The molecule has 1 fully saturated rings. The van der Waals surface area contributed by atoms with Crippen molar-refractivity contribution in [1.29, 1.82) is 0 Å². The molecular formula is C18H19F9N4O3. The molecular weight excluding hydrogens is 491 g/mol. The van der Waals surface area contributed by atoms with Gasteiger partial charge >= 0.3 is 18.5 Å². The number of carbonyl (C=O) groups excluding carboxylic acids is 2. The van der Waals surface area contributed by atoms with Crippen LogP contribution in [0.1, 0.15) is 5.56 Å². The third-order valence-corrected chi connectivity index (χ3v) is 4.60. The Balaban J connectivity index is 2.36. The molecule has 1 saturated heterocycles. The lowest BCUT2D eigenvalue weighted by Gasteiger charge is -2.31. The van der Waals surface area contributed by atoms with Crippen molar-refractivity contribution >= 4 is 23.2 Å². The maximum atomic E-state index is 13.6. The summed E-state index contributed by atoms with van der Waals surface area (Å²) in [6.07, 6.45) is -15.4. The number of halogens is 9. The second-order valence-electron chi connectivity index (χ2n) is 7.20. The van der Waals surface area contributed by atoms with Crippen molar-refractivity contribution in [3.05, 3.63) is 23.8 Å². The van der Waals surface area contributed by atoms with Crippen molar-refractivity contribution in [2.75, 3.05) is 49.6 Å². The molecule has 3 N–H and O–H groups in total. The van der Waals surface area contributed by atoms with Crippen LogP contribution in [0.4, 0.5) is 50.9 Å². The first kappa shape index (κ1) is 27.7. The van der Waals surface area contributed by atoms with Gasteiger partial charge < -0.3 is 20.7 Å². The average molecular weight is 510 g/mol. The van der Waals surface area contributed by atoms with Gasteiger partial charge in [-0.25, -0.2) is 0 Å². The van der Waals surface area contributed by atoms with Gasteiger partial charge in [-0.05, 0) is 18.2 Å². The Morgan fingerprint density at radius 1 is 1.09 bits per heavy atom. The highest BCUT2D eigenvalue weighted by atomic mass is 19.4. The Kier molecular flexibility index (Phi) is 8.42. The van der Waals surface area contributed by atoms with E-state index in [2.05, 4.69) is 0 Å². The lowest BCUT2D eigenvalue weighted by Crippen LogP contribution is -2.54. The first-order valence-corrected chi connectivity index (χ1v) is 9.49. The van der Waals surface area contributed by atoms with Crippen LogP contribution in [-0.2, 0) is 20.5 Å². The fourth-order valence-electron chi connectivity index (χ4n) is 3.21. The van der Waals surface area contributed by atoms with Crippen LogP contribution < -0.4 is 16.0 Å². The summed E-state index contributed by atoms with van der Waals surface area (Å²) < 4.78 is 122. The largest absolute Gasteiger partial charge is 0.418 e. The van der Waals surface area contributed by atoms with Gasteiger partial charge in [0.15, 0.2) is 0 Å². The zero-order valence-corrected chi connectivity index (χ0v) is 17.2. The number of nitrogens with one attached hydrogen (secondary N) is 1. The molecule has 192 valence electrons. The summed E-state index contributed by atoms with van der Waals surface area (Å²) in [5, 5.41) is 1.72. The van der Waals surface area contributed by atoms with Crippen LogP contribution in [0.2, 0.25) is 0 Å². The minimum atomic E-state index is -5.15. The monoisotopic (exact) mass is 510 g/mol. The predicted molar refractivity (Wildman–Crippen MR) is 99.8 cm³/mol. The maximum absolute atomic E-state index is 13.6. The van der Waals surface area contributed by atoms with E-state index in [0.29, 0.717) is 6.07 Å². The fourth-order valence-corrected chi connectivity index (χ4v) is 3.21. The third kappa shape index (κ3) is 7.73. The van der Waals surface area contributed by atoms with E-state index >= 15 is 0 Å². The summed E-state index contributed by atoms with van der Waals surface area (Å²) in [5.74, 6) is -2.23. The summed E-state index contributed by atoms with van der Waals surface area (Å²) in [6.45, 7) is -5.76. The molecule has 0 spiro atoms. The number of benzene rings is 1. The van der Waals surface area contributed by atoms with E-state index in [1.54, 1.807) is 5.32 Å². The zero-order valence-electron chi connectivity index (χ0n) is 17.2. The number of carbonyl (C=O) groups is 2. The Morgan fingerprint density at radius 3 is 2.15 bits per heavy atom. The molecule has 0 unspecified atom stereocenters. The van der Waals surface area contributed by atoms with Gasteiger partial charge in [0, 0.05) is 18.8 Å². The number of nitrogens with two attached hydrogens (primary N) is 1. The maximum Gasteiger partial charge on any atom is 0.418 e. The van der Waals surface area contributed by atoms with Gasteiger partial charge in [-0.15, -0.1) is 0 Å². The second kappa shape index (κ2) is 10.4. The number of ether oxygens (including phenoxy) is 1. The van der Waals surface area contributed by atoms with Gasteiger partial charge in [0.05, 0.1) is 30.9 Å². The number of nitrogens with zero attached hydrogens (tertiary/aromatic N) is 2. The Bertz CT molecular complexity index is 871. The number of amides is 2. The van der Waals surface area contributed by atoms with E-state index in [0.717, 1.165) is 17.0 Å². The number of rotatable bonds is 7. The van der Waals surface area contributed by atoms with Crippen LogP contribution >= 0.6 is 0 Å². The van der Waals surface area contributed by atoms with Crippen LogP contribution in [0.15, 0.2) is 18.2 Å². The molecule has 1 atom stereocenters. The van der Waals surface area contributed by atoms with Crippen molar-refractivity contribution in [3.8, 4) is 0 Å². The molecule has 1 aromatic carbocycles. The fraction of sp³-hybridized carbons (Fsp3) is 0.556. The SMILES string of the molecule is NC[C@H](C(=O)Nc1ccc(N2CCOCC2=O)cc1C(F)(F)F)N(CC(F)(F)F)CC(F)(F)F. The molecule has 2 amide bonds. The molecule has 0 saturated carbocycles. The first-order valence-electron chi connectivity index (χ1n) is 9.49. The van der Waals surface area contributed by atoms with Gasteiger partial charge in [0.1, 0.15) is 12.6 Å². The van der Waals surface area contributed by atoms with Crippen molar-refractivity contribution in [2.45, 2.75) is 24.6 Å².